The number of rotatable bonds is 3. The number of esters is 1. The first kappa shape index (κ1) is 10.6. The second-order valence-electron chi connectivity index (χ2n) is 3.05. The van der Waals surface area contributed by atoms with Gasteiger partial charge in [-0.05, 0) is 37.6 Å². The molecular weight excluding hydrogens is 178 g/mol. The van der Waals surface area contributed by atoms with Crippen LogP contribution < -0.4 is 5.32 Å². The summed E-state index contributed by atoms with van der Waals surface area (Å²) in [5.74, 6) is -0.287. The normalized spacial score (nSPS) is 9.64. The van der Waals surface area contributed by atoms with Crippen molar-refractivity contribution in [1.82, 2.24) is 0 Å². The van der Waals surface area contributed by atoms with E-state index in [-0.39, 0.29) is 5.97 Å². The summed E-state index contributed by atoms with van der Waals surface area (Å²) in [7, 11) is 1.39. The zero-order valence-electron chi connectivity index (χ0n) is 8.76. The van der Waals surface area contributed by atoms with Crippen molar-refractivity contribution in [3.8, 4) is 0 Å². The quantitative estimate of drug-likeness (QED) is 0.748. The summed E-state index contributed by atoms with van der Waals surface area (Å²) >= 11 is 0. The maximum Gasteiger partial charge on any atom is 0.338 e. The van der Waals surface area contributed by atoms with Crippen molar-refractivity contribution in [2.24, 2.45) is 0 Å². The predicted octanol–water partition coefficient (Wildman–Crippen LogP) is 2.21. The topological polar surface area (TPSA) is 38.3 Å². The largest absolute Gasteiger partial charge is 0.465 e. The number of carbonyl (C=O) groups is 1. The Bertz CT molecular complexity index is 334. The molecule has 0 saturated carbocycles. The highest BCUT2D eigenvalue weighted by molar-refractivity contribution is 5.91. The van der Waals surface area contributed by atoms with E-state index >= 15 is 0 Å². The van der Waals surface area contributed by atoms with Crippen LogP contribution in [0.5, 0.6) is 0 Å². The van der Waals surface area contributed by atoms with Crippen LogP contribution >= 0.6 is 0 Å². The standard InChI is InChI=1S/C11H15NO2/c1-4-12-9-5-6-10(8(2)7-9)11(13)14-3/h5-7,12H,4H2,1-3H3. The third kappa shape index (κ3) is 2.25. The van der Waals surface area contributed by atoms with Crippen LogP contribution in [0.2, 0.25) is 0 Å². The summed E-state index contributed by atoms with van der Waals surface area (Å²) in [6.45, 7) is 4.80. The zero-order valence-corrected chi connectivity index (χ0v) is 8.76. The molecule has 0 aromatic heterocycles. The molecule has 0 aliphatic rings. The monoisotopic (exact) mass is 193 g/mol. The van der Waals surface area contributed by atoms with Crippen LogP contribution in [0.25, 0.3) is 0 Å². The predicted molar refractivity (Wildman–Crippen MR) is 56.7 cm³/mol. The number of methoxy groups -OCH3 is 1. The molecule has 0 saturated heterocycles. The minimum absolute atomic E-state index is 0.287. The molecule has 3 nitrogen and oxygen atoms in total. The first-order valence-corrected chi connectivity index (χ1v) is 4.62. The molecule has 76 valence electrons. The van der Waals surface area contributed by atoms with E-state index in [1.807, 2.05) is 26.0 Å². The first-order chi connectivity index (χ1) is 6.69. The Morgan fingerprint density at radius 3 is 2.71 bits per heavy atom. The van der Waals surface area contributed by atoms with Crippen LogP contribution in [-0.2, 0) is 4.74 Å². The molecule has 1 N–H and O–H groups in total. The molecule has 0 amide bonds. The Balaban J connectivity index is 2.95. The fourth-order valence-corrected chi connectivity index (χ4v) is 1.32. The highest BCUT2D eigenvalue weighted by Crippen LogP contribution is 2.15. The maximum absolute atomic E-state index is 11.3. The van der Waals surface area contributed by atoms with E-state index in [9.17, 15) is 4.79 Å². The molecule has 1 aromatic carbocycles. The molecule has 0 heterocycles. The molecule has 0 atom stereocenters. The Morgan fingerprint density at radius 2 is 2.21 bits per heavy atom. The lowest BCUT2D eigenvalue weighted by Gasteiger charge is -2.07. The van der Waals surface area contributed by atoms with E-state index in [1.54, 1.807) is 6.07 Å². The van der Waals surface area contributed by atoms with Gasteiger partial charge in [0, 0.05) is 12.2 Å². The van der Waals surface area contributed by atoms with Gasteiger partial charge in [-0.2, -0.15) is 0 Å². The summed E-state index contributed by atoms with van der Waals surface area (Å²) in [5, 5.41) is 3.18. The summed E-state index contributed by atoms with van der Waals surface area (Å²) in [6, 6.07) is 5.59. The van der Waals surface area contributed by atoms with E-state index in [0.717, 1.165) is 17.8 Å². The van der Waals surface area contributed by atoms with Gasteiger partial charge >= 0.3 is 5.97 Å². The lowest BCUT2D eigenvalue weighted by Crippen LogP contribution is -2.05. The van der Waals surface area contributed by atoms with Crippen LogP contribution in [0.3, 0.4) is 0 Å². The van der Waals surface area contributed by atoms with Gasteiger partial charge in [-0.3, -0.25) is 0 Å². The molecule has 0 aliphatic heterocycles. The fourth-order valence-electron chi connectivity index (χ4n) is 1.32. The first-order valence-electron chi connectivity index (χ1n) is 4.62. The lowest BCUT2D eigenvalue weighted by molar-refractivity contribution is 0.0600. The Labute approximate surface area is 84.1 Å². The van der Waals surface area contributed by atoms with Crippen molar-refractivity contribution < 1.29 is 9.53 Å². The molecule has 0 unspecified atom stereocenters. The van der Waals surface area contributed by atoms with E-state index in [0.29, 0.717) is 5.56 Å². The molecule has 1 aromatic rings. The smallest absolute Gasteiger partial charge is 0.338 e. The molecule has 0 aliphatic carbocycles. The summed E-state index contributed by atoms with van der Waals surface area (Å²) in [5.41, 5.74) is 2.57. The fraction of sp³-hybridized carbons (Fsp3) is 0.364. The van der Waals surface area contributed by atoms with Gasteiger partial charge in [0.2, 0.25) is 0 Å². The average Bonchev–Trinajstić information content (AvgIpc) is 2.17. The van der Waals surface area contributed by atoms with Gasteiger partial charge in [-0.15, -0.1) is 0 Å². The van der Waals surface area contributed by atoms with E-state index < -0.39 is 0 Å². The van der Waals surface area contributed by atoms with Crippen molar-refractivity contribution in [3.63, 3.8) is 0 Å². The zero-order chi connectivity index (χ0) is 10.6. The number of nitrogens with one attached hydrogen (secondary N) is 1. The molecule has 0 bridgehead atoms. The minimum Gasteiger partial charge on any atom is -0.465 e. The summed E-state index contributed by atoms with van der Waals surface area (Å²) < 4.78 is 4.66. The van der Waals surface area contributed by atoms with Crippen molar-refractivity contribution in [1.29, 1.82) is 0 Å². The lowest BCUT2D eigenvalue weighted by atomic mass is 10.1. The van der Waals surface area contributed by atoms with Crippen LogP contribution in [0.15, 0.2) is 18.2 Å². The second kappa shape index (κ2) is 4.65. The van der Waals surface area contributed by atoms with Crippen LogP contribution in [0.1, 0.15) is 22.8 Å². The number of aryl methyl sites for hydroxylation is 1. The van der Waals surface area contributed by atoms with Crippen molar-refractivity contribution in [2.45, 2.75) is 13.8 Å². The number of anilines is 1. The molecule has 0 spiro atoms. The van der Waals surface area contributed by atoms with Crippen molar-refractivity contribution >= 4 is 11.7 Å². The highest BCUT2D eigenvalue weighted by Gasteiger charge is 2.08. The molecule has 14 heavy (non-hydrogen) atoms. The van der Waals surface area contributed by atoms with Crippen LogP contribution in [0.4, 0.5) is 5.69 Å². The maximum atomic E-state index is 11.3. The van der Waals surface area contributed by atoms with Gasteiger partial charge in [-0.1, -0.05) is 0 Å². The molecule has 0 fully saturated rings. The minimum atomic E-state index is -0.287. The molecular formula is C11H15NO2. The molecule has 3 heteroatoms. The Hall–Kier alpha value is -1.51. The van der Waals surface area contributed by atoms with Gasteiger partial charge in [-0.25, -0.2) is 4.79 Å². The Kier molecular flexibility index (Phi) is 3.51. The third-order valence-corrected chi connectivity index (χ3v) is 2.01. The second-order valence-corrected chi connectivity index (χ2v) is 3.05. The van der Waals surface area contributed by atoms with Gasteiger partial charge in [0.1, 0.15) is 0 Å². The van der Waals surface area contributed by atoms with Gasteiger partial charge in [0.15, 0.2) is 0 Å². The molecule has 0 radical (unpaired) electrons. The van der Waals surface area contributed by atoms with E-state index in [1.165, 1.54) is 7.11 Å². The number of hydrogen-bond acceptors (Lipinski definition) is 3. The van der Waals surface area contributed by atoms with Crippen LogP contribution in [0, 0.1) is 6.92 Å². The van der Waals surface area contributed by atoms with Crippen molar-refractivity contribution in [2.75, 3.05) is 19.0 Å². The third-order valence-electron chi connectivity index (χ3n) is 2.01. The van der Waals surface area contributed by atoms with Gasteiger partial charge < -0.3 is 10.1 Å². The van der Waals surface area contributed by atoms with Gasteiger partial charge in [0.05, 0.1) is 12.7 Å². The van der Waals surface area contributed by atoms with E-state index in [4.69, 9.17) is 0 Å². The highest BCUT2D eigenvalue weighted by atomic mass is 16.5. The molecule has 1 rings (SSSR count). The average molecular weight is 193 g/mol. The summed E-state index contributed by atoms with van der Waals surface area (Å²) in [6.07, 6.45) is 0. The number of benzene rings is 1. The number of ether oxygens (including phenoxy) is 1. The van der Waals surface area contributed by atoms with E-state index in [2.05, 4.69) is 10.1 Å². The number of carbonyl (C=O) groups excluding carboxylic acids is 1. The Morgan fingerprint density at radius 1 is 1.50 bits per heavy atom. The SMILES string of the molecule is CCNc1ccc(C(=O)OC)c(C)c1. The van der Waals surface area contributed by atoms with Crippen molar-refractivity contribution in [3.05, 3.63) is 29.3 Å². The van der Waals surface area contributed by atoms with Gasteiger partial charge in [0.25, 0.3) is 0 Å². The van der Waals surface area contributed by atoms with Crippen LogP contribution in [-0.4, -0.2) is 19.6 Å². The summed E-state index contributed by atoms with van der Waals surface area (Å²) in [4.78, 5) is 11.3. The number of hydrogen-bond donors (Lipinski definition) is 1.